The highest BCUT2D eigenvalue weighted by Crippen LogP contribution is 2.40. The zero-order chi connectivity index (χ0) is 16.3. The van der Waals surface area contributed by atoms with Gasteiger partial charge in [-0.3, -0.25) is 4.79 Å². The SMILES string of the molecule is C[C@H](CN1CCCC1=O)NC(=O)N1CCC[C@]2(CC=CCC2)C1. The molecule has 5 heteroatoms. The van der Waals surface area contributed by atoms with E-state index in [4.69, 9.17) is 0 Å². The van der Waals surface area contributed by atoms with E-state index in [1.54, 1.807) is 0 Å². The fourth-order valence-electron chi connectivity index (χ4n) is 4.27. The number of nitrogens with one attached hydrogen (secondary N) is 1. The molecule has 3 rings (SSSR count). The van der Waals surface area contributed by atoms with Crippen molar-refractivity contribution in [3.8, 4) is 0 Å². The molecule has 0 saturated carbocycles. The average molecular weight is 319 g/mol. The Hall–Kier alpha value is -1.52. The lowest BCUT2D eigenvalue weighted by atomic mass is 9.71. The summed E-state index contributed by atoms with van der Waals surface area (Å²) < 4.78 is 0. The number of likely N-dealkylation sites (tertiary alicyclic amines) is 2. The van der Waals surface area contributed by atoms with E-state index < -0.39 is 0 Å². The van der Waals surface area contributed by atoms with Gasteiger partial charge in [-0.15, -0.1) is 0 Å². The third kappa shape index (κ3) is 3.88. The molecule has 0 bridgehead atoms. The molecule has 3 aliphatic rings. The molecule has 1 aliphatic carbocycles. The van der Waals surface area contributed by atoms with Crippen LogP contribution in [-0.2, 0) is 4.79 Å². The molecule has 1 N–H and O–H groups in total. The fraction of sp³-hybridized carbons (Fsp3) is 0.778. The number of nitrogens with zero attached hydrogens (tertiary/aromatic N) is 2. The molecule has 2 fully saturated rings. The Labute approximate surface area is 139 Å². The van der Waals surface area contributed by atoms with Crippen LogP contribution in [0.25, 0.3) is 0 Å². The smallest absolute Gasteiger partial charge is 0.317 e. The van der Waals surface area contributed by atoms with Crippen molar-refractivity contribution >= 4 is 11.9 Å². The minimum absolute atomic E-state index is 0.00804. The van der Waals surface area contributed by atoms with Crippen LogP contribution in [0.4, 0.5) is 4.79 Å². The minimum Gasteiger partial charge on any atom is -0.341 e. The van der Waals surface area contributed by atoms with Crippen molar-refractivity contribution in [2.75, 3.05) is 26.2 Å². The summed E-state index contributed by atoms with van der Waals surface area (Å²) in [4.78, 5) is 28.1. The maximum Gasteiger partial charge on any atom is 0.317 e. The molecule has 128 valence electrons. The molecule has 1 spiro atoms. The van der Waals surface area contributed by atoms with Gasteiger partial charge in [0.1, 0.15) is 0 Å². The largest absolute Gasteiger partial charge is 0.341 e. The third-order valence-corrected chi connectivity index (χ3v) is 5.54. The van der Waals surface area contributed by atoms with Crippen molar-refractivity contribution < 1.29 is 9.59 Å². The predicted octanol–water partition coefficient (Wildman–Crippen LogP) is 2.53. The van der Waals surface area contributed by atoms with E-state index in [1.165, 1.54) is 12.8 Å². The number of allylic oxidation sites excluding steroid dienone is 2. The maximum absolute atomic E-state index is 12.6. The summed E-state index contributed by atoms with van der Waals surface area (Å²) in [6.45, 7) is 5.18. The second-order valence-electron chi connectivity index (χ2n) is 7.53. The van der Waals surface area contributed by atoms with Gasteiger partial charge in [-0.2, -0.15) is 0 Å². The van der Waals surface area contributed by atoms with E-state index in [0.717, 1.165) is 45.3 Å². The highest BCUT2D eigenvalue weighted by Gasteiger charge is 2.37. The summed E-state index contributed by atoms with van der Waals surface area (Å²) in [6.07, 6.45) is 11.9. The normalized spacial score (nSPS) is 29.2. The molecule has 0 aromatic rings. The van der Waals surface area contributed by atoms with Gasteiger partial charge < -0.3 is 15.1 Å². The van der Waals surface area contributed by atoms with Crippen LogP contribution in [-0.4, -0.2) is 54.0 Å². The predicted molar refractivity (Wildman–Crippen MR) is 90.0 cm³/mol. The van der Waals surface area contributed by atoms with Crippen molar-refractivity contribution in [1.82, 2.24) is 15.1 Å². The topological polar surface area (TPSA) is 52.7 Å². The number of hydrogen-bond acceptors (Lipinski definition) is 2. The Bertz CT molecular complexity index is 491. The molecular formula is C18H29N3O2. The van der Waals surface area contributed by atoms with E-state index in [2.05, 4.69) is 17.5 Å². The number of carbonyl (C=O) groups is 2. The second kappa shape index (κ2) is 6.93. The fourth-order valence-corrected chi connectivity index (χ4v) is 4.27. The quantitative estimate of drug-likeness (QED) is 0.813. The van der Waals surface area contributed by atoms with Crippen molar-refractivity contribution in [2.24, 2.45) is 5.41 Å². The average Bonchev–Trinajstić information content (AvgIpc) is 2.93. The van der Waals surface area contributed by atoms with Crippen molar-refractivity contribution in [3.63, 3.8) is 0 Å². The van der Waals surface area contributed by atoms with Crippen LogP contribution >= 0.6 is 0 Å². The molecule has 0 radical (unpaired) electrons. The van der Waals surface area contributed by atoms with Crippen molar-refractivity contribution in [1.29, 1.82) is 0 Å². The highest BCUT2D eigenvalue weighted by molar-refractivity contribution is 5.78. The van der Waals surface area contributed by atoms with Gasteiger partial charge in [-0.25, -0.2) is 4.79 Å². The first-order chi connectivity index (χ1) is 11.1. The maximum atomic E-state index is 12.6. The van der Waals surface area contributed by atoms with Crippen LogP contribution in [0.3, 0.4) is 0 Å². The van der Waals surface area contributed by atoms with E-state index in [-0.39, 0.29) is 18.0 Å². The number of rotatable bonds is 3. The molecule has 5 nitrogen and oxygen atoms in total. The Morgan fingerprint density at radius 3 is 2.87 bits per heavy atom. The third-order valence-electron chi connectivity index (χ3n) is 5.54. The Kier molecular flexibility index (Phi) is 4.93. The molecule has 23 heavy (non-hydrogen) atoms. The first-order valence-corrected chi connectivity index (χ1v) is 9.06. The standard InChI is InChI=1S/C18H29N3O2/c1-15(13-20-11-5-7-16(20)22)19-17(23)21-12-6-10-18(14-21)8-3-2-4-9-18/h2-3,15H,4-14H2,1H3,(H,19,23)/t15-,18-/m1/s1. The van der Waals surface area contributed by atoms with Gasteiger partial charge in [-0.05, 0) is 50.9 Å². The van der Waals surface area contributed by atoms with Crippen LogP contribution in [0.15, 0.2) is 12.2 Å². The Balaban J connectivity index is 1.51. The van der Waals surface area contributed by atoms with Crippen LogP contribution < -0.4 is 5.32 Å². The van der Waals surface area contributed by atoms with E-state index in [1.807, 2.05) is 16.7 Å². The van der Waals surface area contributed by atoms with Gasteiger partial charge in [0.05, 0.1) is 0 Å². The van der Waals surface area contributed by atoms with Gasteiger partial charge in [0.15, 0.2) is 0 Å². The van der Waals surface area contributed by atoms with Crippen molar-refractivity contribution in [2.45, 2.75) is 57.9 Å². The molecule has 2 saturated heterocycles. The van der Waals surface area contributed by atoms with Gasteiger partial charge in [0.25, 0.3) is 0 Å². The van der Waals surface area contributed by atoms with Crippen LogP contribution in [0, 0.1) is 5.41 Å². The van der Waals surface area contributed by atoms with Gasteiger partial charge in [0, 0.05) is 38.6 Å². The number of hydrogen-bond donors (Lipinski definition) is 1. The summed E-state index contributed by atoms with van der Waals surface area (Å²) in [6, 6.07) is 0.0476. The first kappa shape index (κ1) is 16.3. The summed E-state index contributed by atoms with van der Waals surface area (Å²) in [5.41, 5.74) is 0.304. The van der Waals surface area contributed by atoms with Gasteiger partial charge >= 0.3 is 6.03 Å². The zero-order valence-electron chi connectivity index (χ0n) is 14.2. The molecule has 2 aliphatic heterocycles. The lowest BCUT2D eigenvalue weighted by molar-refractivity contribution is -0.127. The summed E-state index contributed by atoms with van der Waals surface area (Å²) in [7, 11) is 0. The van der Waals surface area contributed by atoms with Crippen LogP contribution in [0.2, 0.25) is 0 Å². The first-order valence-electron chi connectivity index (χ1n) is 9.06. The molecule has 0 aromatic carbocycles. The highest BCUT2D eigenvalue weighted by atomic mass is 16.2. The van der Waals surface area contributed by atoms with Crippen LogP contribution in [0.1, 0.15) is 51.9 Å². The van der Waals surface area contributed by atoms with Gasteiger partial charge in [-0.1, -0.05) is 12.2 Å². The monoisotopic (exact) mass is 319 g/mol. The van der Waals surface area contributed by atoms with E-state index >= 15 is 0 Å². The lowest BCUT2D eigenvalue weighted by Gasteiger charge is -2.44. The van der Waals surface area contributed by atoms with Crippen LogP contribution in [0.5, 0.6) is 0 Å². The summed E-state index contributed by atoms with van der Waals surface area (Å²) >= 11 is 0. The molecule has 2 heterocycles. The van der Waals surface area contributed by atoms with Gasteiger partial charge in [0.2, 0.25) is 5.91 Å². The number of carbonyl (C=O) groups excluding carboxylic acids is 2. The van der Waals surface area contributed by atoms with E-state index in [0.29, 0.717) is 18.4 Å². The molecule has 2 atom stereocenters. The Morgan fingerprint density at radius 2 is 2.17 bits per heavy atom. The lowest BCUT2D eigenvalue weighted by Crippen LogP contribution is -2.53. The zero-order valence-corrected chi connectivity index (χ0v) is 14.2. The minimum atomic E-state index is 0.00804. The molecule has 3 amide bonds. The number of piperidine rings is 1. The summed E-state index contributed by atoms with van der Waals surface area (Å²) in [5, 5.41) is 3.09. The Morgan fingerprint density at radius 1 is 1.30 bits per heavy atom. The molecular weight excluding hydrogens is 290 g/mol. The number of urea groups is 1. The number of amides is 3. The summed E-state index contributed by atoms with van der Waals surface area (Å²) in [5.74, 6) is 0.219. The van der Waals surface area contributed by atoms with Crippen molar-refractivity contribution in [3.05, 3.63) is 12.2 Å². The second-order valence-corrected chi connectivity index (χ2v) is 7.53. The molecule has 0 aromatic heterocycles. The van der Waals surface area contributed by atoms with E-state index in [9.17, 15) is 9.59 Å². The molecule has 0 unspecified atom stereocenters.